The average molecular weight is 290 g/mol. The molecule has 0 spiro atoms. The van der Waals surface area contributed by atoms with Crippen LogP contribution in [0, 0.1) is 0 Å². The number of halogens is 1. The molecule has 0 aliphatic rings. The smallest absolute Gasteiger partial charge is 0.292 e. The summed E-state index contributed by atoms with van der Waals surface area (Å²) in [7, 11) is 1.85. The summed E-state index contributed by atoms with van der Waals surface area (Å²) in [6, 6.07) is 9.19. The van der Waals surface area contributed by atoms with Gasteiger partial charge in [-0.05, 0) is 19.1 Å². The fraction of sp³-hybridized carbons (Fsp3) is 0.200. The van der Waals surface area contributed by atoms with Gasteiger partial charge >= 0.3 is 0 Å². The molecule has 0 N–H and O–H groups in total. The summed E-state index contributed by atoms with van der Waals surface area (Å²) in [5.41, 5.74) is 1.94. The minimum Gasteiger partial charge on any atom is -0.368 e. The molecule has 104 valence electrons. The van der Waals surface area contributed by atoms with Crippen molar-refractivity contribution in [2.24, 2.45) is 0 Å². The molecule has 1 aromatic heterocycles. The van der Waals surface area contributed by atoms with Gasteiger partial charge in [-0.2, -0.15) is 9.78 Å². The molecule has 5 heteroatoms. The zero-order valence-electron chi connectivity index (χ0n) is 11.5. The first-order valence-corrected chi connectivity index (χ1v) is 6.57. The number of hydrogen-bond acceptors (Lipinski definition) is 3. The second-order valence-electron chi connectivity index (χ2n) is 4.71. The Hall–Kier alpha value is -2.07. The highest BCUT2D eigenvalue weighted by atomic mass is 35.5. The largest absolute Gasteiger partial charge is 0.368 e. The van der Waals surface area contributed by atoms with Gasteiger partial charge < -0.3 is 4.90 Å². The Morgan fingerprint density at radius 2 is 2.05 bits per heavy atom. The Kier molecular flexibility index (Phi) is 4.25. The van der Waals surface area contributed by atoms with Crippen LogP contribution in [0.3, 0.4) is 0 Å². The topological polar surface area (TPSA) is 38.1 Å². The number of para-hydroxylation sites is 1. The van der Waals surface area contributed by atoms with Gasteiger partial charge in [-0.1, -0.05) is 42.0 Å². The first kappa shape index (κ1) is 14.3. The standard InChI is InChI=1S/C15H16ClN3O/c1-11(2)10-18(3)13-9-17-19(15(20)14(13)16)12-7-5-4-6-8-12/h4-9H,1,10H2,2-3H3. The second-order valence-corrected chi connectivity index (χ2v) is 5.09. The average Bonchev–Trinajstić information content (AvgIpc) is 2.42. The SMILES string of the molecule is C=C(C)CN(C)c1cnn(-c2ccccc2)c(=O)c1Cl. The van der Waals surface area contributed by atoms with Gasteiger partial charge in [0.05, 0.1) is 17.6 Å². The molecule has 0 saturated heterocycles. The van der Waals surface area contributed by atoms with E-state index < -0.39 is 0 Å². The Bertz CT molecular complexity index is 679. The lowest BCUT2D eigenvalue weighted by Crippen LogP contribution is -2.27. The van der Waals surface area contributed by atoms with Crippen molar-refractivity contribution in [3.8, 4) is 5.69 Å². The van der Waals surface area contributed by atoms with Crippen molar-refractivity contribution in [1.29, 1.82) is 0 Å². The molecule has 1 aromatic carbocycles. The maximum absolute atomic E-state index is 12.3. The molecule has 0 unspecified atom stereocenters. The first-order valence-electron chi connectivity index (χ1n) is 6.19. The van der Waals surface area contributed by atoms with E-state index in [-0.39, 0.29) is 10.6 Å². The fourth-order valence-corrected chi connectivity index (χ4v) is 2.21. The highest BCUT2D eigenvalue weighted by molar-refractivity contribution is 6.33. The van der Waals surface area contributed by atoms with Crippen molar-refractivity contribution in [3.63, 3.8) is 0 Å². The highest BCUT2D eigenvalue weighted by Gasteiger charge is 2.13. The maximum atomic E-state index is 12.3. The summed E-state index contributed by atoms with van der Waals surface area (Å²) in [4.78, 5) is 14.2. The van der Waals surface area contributed by atoms with Crippen molar-refractivity contribution in [2.45, 2.75) is 6.92 Å². The van der Waals surface area contributed by atoms with E-state index >= 15 is 0 Å². The minimum atomic E-state index is -0.330. The number of anilines is 1. The zero-order valence-corrected chi connectivity index (χ0v) is 12.3. The summed E-state index contributed by atoms with van der Waals surface area (Å²) in [6.07, 6.45) is 1.60. The molecule has 0 bridgehead atoms. The maximum Gasteiger partial charge on any atom is 0.292 e. The van der Waals surface area contributed by atoms with Gasteiger partial charge in [0.2, 0.25) is 0 Å². The van der Waals surface area contributed by atoms with E-state index in [1.54, 1.807) is 6.20 Å². The Labute approximate surface area is 122 Å². The molecule has 2 aromatic rings. The Morgan fingerprint density at radius 3 is 2.65 bits per heavy atom. The molecular weight excluding hydrogens is 274 g/mol. The van der Waals surface area contributed by atoms with E-state index in [0.717, 1.165) is 5.57 Å². The lowest BCUT2D eigenvalue weighted by atomic mass is 10.3. The minimum absolute atomic E-state index is 0.160. The van der Waals surface area contributed by atoms with Crippen molar-refractivity contribution in [1.82, 2.24) is 9.78 Å². The van der Waals surface area contributed by atoms with Crippen LogP contribution in [0.2, 0.25) is 5.02 Å². The van der Waals surface area contributed by atoms with E-state index in [2.05, 4.69) is 11.7 Å². The quantitative estimate of drug-likeness (QED) is 0.812. The van der Waals surface area contributed by atoms with Crippen LogP contribution in [-0.4, -0.2) is 23.4 Å². The molecule has 4 nitrogen and oxygen atoms in total. The fourth-order valence-electron chi connectivity index (χ4n) is 1.93. The van der Waals surface area contributed by atoms with Crippen LogP contribution in [0.25, 0.3) is 5.69 Å². The summed E-state index contributed by atoms with van der Waals surface area (Å²) < 4.78 is 1.29. The number of benzene rings is 1. The monoisotopic (exact) mass is 289 g/mol. The number of aromatic nitrogens is 2. The lowest BCUT2D eigenvalue weighted by molar-refractivity contribution is 0.799. The molecule has 0 aliphatic carbocycles. The summed E-state index contributed by atoms with van der Waals surface area (Å²) in [5.74, 6) is 0. The lowest BCUT2D eigenvalue weighted by Gasteiger charge is -2.20. The Morgan fingerprint density at radius 1 is 1.40 bits per heavy atom. The van der Waals surface area contributed by atoms with Gasteiger partial charge in [-0.25, -0.2) is 0 Å². The number of likely N-dealkylation sites (N-methyl/N-ethyl adjacent to an activating group) is 1. The first-order chi connectivity index (χ1) is 9.50. The molecular formula is C15H16ClN3O. The molecule has 20 heavy (non-hydrogen) atoms. The number of hydrogen-bond donors (Lipinski definition) is 0. The van der Waals surface area contributed by atoms with E-state index in [1.807, 2.05) is 49.2 Å². The van der Waals surface area contributed by atoms with Crippen LogP contribution in [0.4, 0.5) is 5.69 Å². The molecule has 0 fully saturated rings. The van der Waals surface area contributed by atoms with Crippen LogP contribution in [0.15, 0.2) is 53.5 Å². The third-order valence-corrected chi connectivity index (χ3v) is 3.17. The van der Waals surface area contributed by atoms with Crippen molar-refractivity contribution in [3.05, 3.63) is 64.1 Å². The molecule has 1 heterocycles. The van der Waals surface area contributed by atoms with E-state index in [1.165, 1.54) is 4.68 Å². The third-order valence-electron chi connectivity index (χ3n) is 2.82. The van der Waals surface area contributed by atoms with Crippen LogP contribution in [0.5, 0.6) is 0 Å². The summed E-state index contributed by atoms with van der Waals surface area (Å²) >= 11 is 6.18. The highest BCUT2D eigenvalue weighted by Crippen LogP contribution is 2.20. The third kappa shape index (κ3) is 2.91. The van der Waals surface area contributed by atoms with Crippen LogP contribution in [0.1, 0.15) is 6.92 Å². The molecule has 0 aliphatic heterocycles. The molecule has 2 rings (SSSR count). The van der Waals surface area contributed by atoms with E-state index in [0.29, 0.717) is 17.9 Å². The van der Waals surface area contributed by atoms with Crippen LogP contribution in [-0.2, 0) is 0 Å². The summed E-state index contributed by atoms with van der Waals surface area (Å²) in [6.45, 7) is 6.39. The van der Waals surface area contributed by atoms with Gasteiger partial charge in [0, 0.05) is 13.6 Å². The second kappa shape index (κ2) is 5.92. The number of nitrogens with zero attached hydrogens (tertiary/aromatic N) is 3. The molecule has 0 radical (unpaired) electrons. The zero-order chi connectivity index (χ0) is 14.7. The predicted octanol–water partition coefficient (Wildman–Crippen LogP) is 2.90. The molecule has 0 saturated carbocycles. The van der Waals surface area contributed by atoms with Gasteiger partial charge in [-0.15, -0.1) is 0 Å². The summed E-state index contributed by atoms with van der Waals surface area (Å²) in [5, 5.41) is 4.35. The van der Waals surface area contributed by atoms with Crippen molar-refractivity contribution >= 4 is 17.3 Å². The van der Waals surface area contributed by atoms with Gasteiger partial charge in [0.15, 0.2) is 0 Å². The normalized spacial score (nSPS) is 10.3. The Balaban J connectivity index is 2.45. The van der Waals surface area contributed by atoms with Gasteiger partial charge in [0.1, 0.15) is 5.02 Å². The van der Waals surface area contributed by atoms with E-state index in [4.69, 9.17) is 11.6 Å². The van der Waals surface area contributed by atoms with Crippen LogP contribution < -0.4 is 10.5 Å². The van der Waals surface area contributed by atoms with Crippen LogP contribution >= 0.6 is 11.6 Å². The molecule has 0 atom stereocenters. The van der Waals surface area contributed by atoms with Crippen molar-refractivity contribution in [2.75, 3.05) is 18.5 Å². The van der Waals surface area contributed by atoms with E-state index in [9.17, 15) is 4.79 Å². The number of rotatable bonds is 4. The molecule has 0 amide bonds. The predicted molar refractivity (Wildman–Crippen MR) is 82.9 cm³/mol. The van der Waals surface area contributed by atoms with Gasteiger partial charge in [0.25, 0.3) is 5.56 Å². The van der Waals surface area contributed by atoms with Crippen molar-refractivity contribution < 1.29 is 0 Å². The van der Waals surface area contributed by atoms with Gasteiger partial charge in [-0.3, -0.25) is 4.79 Å².